The first kappa shape index (κ1) is 27.6. The van der Waals surface area contributed by atoms with Crippen LogP contribution in [0.3, 0.4) is 0 Å². The highest BCUT2D eigenvalue weighted by atomic mass is 16.6. The number of hydrogen-bond donors (Lipinski definition) is 0. The largest absolute Gasteiger partial charge is 0.465 e. The summed E-state index contributed by atoms with van der Waals surface area (Å²) in [5.74, 6) is -8.03. The lowest BCUT2D eigenvalue weighted by atomic mass is 9.53. The number of carbonyl (C=O) groups is 4. The van der Waals surface area contributed by atoms with E-state index < -0.39 is 59.4 Å². The van der Waals surface area contributed by atoms with E-state index in [2.05, 4.69) is 0 Å². The Morgan fingerprint density at radius 3 is 0.900 bits per heavy atom. The molecule has 0 aromatic carbocycles. The van der Waals surface area contributed by atoms with E-state index in [9.17, 15) is 19.2 Å². The number of ether oxygens (including phenoxy) is 8. The molecule has 8 atom stereocenters. The molecule has 7 rings (SSSR count). The lowest BCUT2D eigenvalue weighted by molar-refractivity contribution is -0.186. The minimum atomic E-state index is -1.01. The molecule has 7 aliphatic rings. The van der Waals surface area contributed by atoms with Crippen molar-refractivity contribution in [1.82, 2.24) is 0 Å². The van der Waals surface area contributed by atoms with E-state index in [0.717, 1.165) is 0 Å². The average Bonchev–Trinajstić information content (AvgIpc) is 3.75. The van der Waals surface area contributed by atoms with Crippen LogP contribution < -0.4 is 0 Å². The summed E-state index contributed by atoms with van der Waals surface area (Å²) in [6, 6.07) is 0. The second kappa shape index (κ2) is 12.1. The lowest BCUT2D eigenvalue weighted by Gasteiger charge is -2.49. The standard InChI is InChI=1S/C28H36O12/c29-25(33-7-3-15-11-37-15)21-19-1-2-20(23(21)27(31)35-9-5-17-13-39-17)24(28(32)36-10-6-18-14-40-18)22(19)26(30)34-8-4-16-12-38-16/h1-2,15-24H,3-14H2. The molecule has 0 amide bonds. The fourth-order valence-corrected chi connectivity index (χ4v) is 5.84. The van der Waals surface area contributed by atoms with Gasteiger partial charge < -0.3 is 37.9 Å². The Labute approximate surface area is 231 Å². The number of carbonyl (C=O) groups excluding carboxylic acids is 4. The molecule has 0 aromatic heterocycles. The Morgan fingerprint density at radius 1 is 0.475 bits per heavy atom. The molecular formula is C28H36O12. The molecule has 4 aliphatic heterocycles. The molecule has 5 fully saturated rings. The van der Waals surface area contributed by atoms with Gasteiger partial charge in [-0.1, -0.05) is 12.2 Å². The fourth-order valence-electron chi connectivity index (χ4n) is 5.84. The number of allylic oxidation sites excluding steroid dienone is 2. The molecule has 12 heteroatoms. The molecule has 1 saturated carbocycles. The molecule has 2 bridgehead atoms. The summed E-state index contributed by atoms with van der Waals surface area (Å²) in [5, 5.41) is 0. The maximum absolute atomic E-state index is 13.5. The monoisotopic (exact) mass is 564 g/mol. The van der Waals surface area contributed by atoms with Gasteiger partial charge in [-0.25, -0.2) is 0 Å². The Balaban J connectivity index is 1.21. The van der Waals surface area contributed by atoms with Crippen LogP contribution in [0, 0.1) is 35.5 Å². The molecule has 4 saturated heterocycles. The normalized spacial score (nSPS) is 37.8. The van der Waals surface area contributed by atoms with E-state index >= 15 is 0 Å². The summed E-state index contributed by atoms with van der Waals surface area (Å²) in [6.07, 6.45) is 5.94. The smallest absolute Gasteiger partial charge is 0.310 e. The number of fused-ring (bicyclic) bond motifs is 2. The summed E-state index contributed by atoms with van der Waals surface area (Å²) in [4.78, 5) is 53.9. The van der Waals surface area contributed by atoms with E-state index in [4.69, 9.17) is 37.9 Å². The molecule has 3 aliphatic carbocycles. The zero-order valence-corrected chi connectivity index (χ0v) is 22.3. The first-order valence-electron chi connectivity index (χ1n) is 14.3. The number of epoxide rings is 4. The van der Waals surface area contributed by atoms with Gasteiger partial charge in [-0.3, -0.25) is 19.2 Å². The van der Waals surface area contributed by atoms with Crippen molar-refractivity contribution in [3.63, 3.8) is 0 Å². The van der Waals surface area contributed by atoms with E-state index in [0.29, 0.717) is 52.1 Å². The number of esters is 4. The van der Waals surface area contributed by atoms with Crippen molar-refractivity contribution in [3.05, 3.63) is 12.2 Å². The predicted octanol–water partition coefficient (Wildman–Crippen LogP) is 0.595. The number of rotatable bonds is 16. The molecule has 0 radical (unpaired) electrons. The third-order valence-electron chi connectivity index (χ3n) is 8.42. The minimum absolute atomic E-state index is 0.0688. The summed E-state index contributed by atoms with van der Waals surface area (Å²) in [6.45, 7) is 3.05. The van der Waals surface area contributed by atoms with Gasteiger partial charge in [0.2, 0.25) is 0 Å². The molecular weight excluding hydrogens is 528 g/mol. The van der Waals surface area contributed by atoms with Crippen molar-refractivity contribution < 1.29 is 57.1 Å². The predicted molar refractivity (Wildman–Crippen MR) is 131 cm³/mol. The lowest BCUT2D eigenvalue weighted by Crippen LogP contribution is -2.58. The summed E-state index contributed by atoms with van der Waals surface area (Å²) >= 11 is 0. The van der Waals surface area contributed by atoms with Crippen molar-refractivity contribution in [2.24, 2.45) is 35.5 Å². The van der Waals surface area contributed by atoms with Crippen LogP contribution in [0.5, 0.6) is 0 Å². The zero-order chi connectivity index (χ0) is 27.6. The highest BCUT2D eigenvalue weighted by Crippen LogP contribution is 2.53. The van der Waals surface area contributed by atoms with Crippen LogP contribution in [-0.2, 0) is 57.1 Å². The van der Waals surface area contributed by atoms with E-state index in [1.165, 1.54) is 0 Å². The Bertz CT molecular complexity index is 845. The van der Waals surface area contributed by atoms with E-state index in [1.54, 1.807) is 12.2 Å². The summed E-state index contributed by atoms with van der Waals surface area (Å²) in [5.41, 5.74) is 0. The van der Waals surface area contributed by atoms with Crippen LogP contribution >= 0.6 is 0 Å². The Kier molecular flexibility index (Phi) is 8.38. The molecule has 12 nitrogen and oxygen atoms in total. The minimum Gasteiger partial charge on any atom is -0.465 e. The fraction of sp³-hybridized carbons (Fsp3) is 0.786. The van der Waals surface area contributed by atoms with Gasteiger partial charge in [-0.2, -0.15) is 0 Å². The highest BCUT2D eigenvalue weighted by Gasteiger charge is 2.62. The molecule has 0 aromatic rings. The van der Waals surface area contributed by atoms with Crippen LogP contribution in [0.15, 0.2) is 12.2 Å². The number of hydrogen-bond acceptors (Lipinski definition) is 12. The van der Waals surface area contributed by atoms with Crippen molar-refractivity contribution in [1.29, 1.82) is 0 Å². The van der Waals surface area contributed by atoms with Gasteiger partial charge >= 0.3 is 23.9 Å². The first-order chi connectivity index (χ1) is 19.5. The van der Waals surface area contributed by atoms with Crippen LogP contribution in [0.4, 0.5) is 0 Å². The Morgan fingerprint density at radius 2 is 0.700 bits per heavy atom. The molecule has 0 spiro atoms. The van der Waals surface area contributed by atoms with Crippen molar-refractivity contribution in [2.45, 2.75) is 50.1 Å². The second-order valence-electron chi connectivity index (χ2n) is 11.3. The second-order valence-corrected chi connectivity index (χ2v) is 11.3. The van der Waals surface area contributed by atoms with Gasteiger partial charge in [0.25, 0.3) is 0 Å². The molecule has 4 heterocycles. The van der Waals surface area contributed by atoms with Gasteiger partial charge in [0.15, 0.2) is 0 Å². The van der Waals surface area contributed by atoms with Gasteiger partial charge in [0, 0.05) is 37.5 Å². The molecule has 220 valence electrons. The van der Waals surface area contributed by atoms with E-state index in [1.807, 2.05) is 0 Å². The quantitative estimate of drug-likeness (QED) is 0.112. The van der Waals surface area contributed by atoms with E-state index in [-0.39, 0.29) is 50.8 Å². The van der Waals surface area contributed by atoms with Gasteiger partial charge in [-0.05, 0) is 0 Å². The molecule has 40 heavy (non-hydrogen) atoms. The molecule has 8 unspecified atom stereocenters. The first-order valence-corrected chi connectivity index (χ1v) is 14.3. The van der Waals surface area contributed by atoms with Crippen molar-refractivity contribution in [2.75, 3.05) is 52.9 Å². The third kappa shape index (κ3) is 6.84. The maximum Gasteiger partial charge on any atom is 0.310 e. The van der Waals surface area contributed by atoms with Crippen molar-refractivity contribution in [3.8, 4) is 0 Å². The zero-order valence-electron chi connectivity index (χ0n) is 22.3. The van der Waals surface area contributed by atoms with Crippen LogP contribution in [0.2, 0.25) is 0 Å². The van der Waals surface area contributed by atoms with Crippen LogP contribution in [0.25, 0.3) is 0 Å². The maximum atomic E-state index is 13.5. The van der Waals surface area contributed by atoms with Gasteiger partial charge in [0.05, 0.1) is 101 Å². The van der Waals surface area contributed by atoms with Crippen LogP contribution in [0.1, 0.15) is 25.7 Å². The average molecular weight is 565 g/mol. The SMILES string of the molecule is O=C(OCCC1CO1)C1C2C=CC(C1C(=O)OCCC1CO1)C(C(=O)OCCC1CO1)C2C(=O)OCCC1CO1. The van der Waals surface area contributed by atoms with Gasteiger partial charge in [-0.15, -0.1) is 0 Å². The molecule has 0 N–H and O–H groups in total. The summed E-state index contributed by atoms with van der Waals surface area (Å²) in [7, 11) is 0. The van der Waals surface area contributed by atoms with Crippen molar-refractivity contribution >= 4 is 23.9 Å². The highest BCUT2D eigenvalue weighted by molar-refractivity contribution is 5.90. The van der Waals surface area contributed by atoms with Crippen LogP contribution in [-0.4, -0.2) is 101 Å². The topological polar surface area (TPSA) is 155 Å². The Hall–Kier alpha value is -2.54. The third-order valence-corrected chi connectivity index (χ3v) is 8.42. The van der Waals surface area contributed by atoms with Gasteiger partial charge in [0.1, 0.15) is 0 Å². The summed E-state index contributed by atoms with van der Waals surface area (Å²) < 4.78 is 43.1.